The maximum Gasteiger partial charge on any atom is 0.410 e. The van der Waals surface area contributed by atoms with E-state index < -0.39 is 5.60 Å². The second-order valence-electron chi connectivity index (χ2n) is 7.49. The van der Waals surface area contributed by atoms with Crippen molar-refractivity contribution in [2.75, 3.05) is 24.3 Å². The Bertz CT molecular complexity index is 625. The number of nitrogens with one attached hydrogen (secondary N) is 1. The van der Waals surface area contributed by atoms with Crippen LogP contribution in [0, 0.1) is 0 Å². The summed E-state index contributed by atoms with van der Waals surface area (Å²) >= 11 is 5.64. The van der Waals surface area contributed by atoms with Gasteiger partial charge in [-0.1, -0.05) is 0 Å². The highest BCUT2D eigenvalue weighted by Gasteiger charge is 2.30. The fraction of sp³-hybridized carbons (Fsp3) is 0.579. The number of benzene rings is 1. The average molecular weight is 381 g/mol. The van der Waals surface area contributed by atoms with Gasteiger partial charge < -0.3 is 20.7 Å². The summed E-state index contributed by atoms with van der Waals surface area (Å²) in [4.78, 5) is 18.5. The lowest BCUT2D eigenvalue weighted by molar-refractivity contribution is 0.0114. The number of alkyl halides is 1. The Morgan fingerprint density at radius 3 is 2.65 bits per heavy atom. The molecule has 1 aromatic rings. The van der Waals surface area contributed by atoms with Crippen LogP contribution in [0.4, 0.5) is 16.2 Å². The van der Waals surface area contributed by atoms with Crippen molar-refractivity contribution in [3.05, 3.63) is 24.3 Å². The van der Waals surface area contributed by atoms with Crippen molar-refractivity contribution in [3.63, 3.8) is 0 Å². The molecule has 1 amide bonds. The highest BCUT2D eigenvalue weighted by molar-refractivity contribution is 6.28. The number of rotatable bonds is 5. The van der Waals surface area contributed by atoms with Gasteiger partial charge in [-0.3, -0.25) is 0 Å². The van der Waals surface area contributed by atoms with E-state index in [0.29, 0.717) is 12.4 Å². The van der Waals surface area contributed by atoms with Gasteiger partial charge in [0.25, 0.3) is 0 Å². The van der Waals surface area contributed by atoms with Crippen molar-refractivity contribution < 1.29 is 9.53 Å². The standard InChI is InChI=1S/C19H29ClN4O2/c1-19(2,3)26-18(25)24-11-5-4-6-16(24)13-22-14-7-9-15(10-8-14)23-17(21)12-20/h7-10,16,22H,4-6,11-13H2,1-3H3,(H2,21,23). The van der Waals surface area contributed by atoms with Crippen LogP contribution in [0.1, 0.15) is 40.0 Å². The summed E-state index contributed by atoms with van der Waals surface area (Å²) in [6.07, 6.45) is 2.88. The Hall–Kier alpha value is -1.95. The molecule has 3 N–H and O–H groups in total. The van der Waals surface area contributed by atoms with Gasteiger partial charge in [-0.2, -0.15) is 0 Å². The van der Waals surface area contributed by atoms with Crippen molar-refractivity contribution >= 4 is 34.9 Å². The largest absolute Gasteiger partial charge is 0.444 e. The number of carbonyl (C=O) groups is 1. The molecule has 0 aromatic heterocycles. The smallest absolute Gasteiger partial charge is 0.410 e. The third-order valence-electron chi connectivity index (χ3n) is 4.07. The fourth-order valence-electron chi connectivity index (χ4n) is 2.86. The summed E-state index contributed by atoms with van der Waals surface area (Å²) in [5.41, 5.74) is 6.90. The first-order valence-electron chi connectivity index (χ1n) is 9.01. The van der Waals surface area contributed by atoms with Crippen LogP contribution in [0.15, 0.2) is 29.3 Å². The van der Waals surface area contributed by atoms with Gasteiger partial charge in [-0.25, -0.2) is 9.79 Å². The number of likely N-dealkylation sites (tertiary alicyclic amines) is 1. The van der Waals surface area contributed by atoms with Gasteiger partial charge in [-0.05, 0) is 64.3 Å². The van der Waals surface area contributed by atoms with Crippen LogP contribution in [-0.4, -0.2) is 47.4 Å². The summed E-state index contributed by atoms with van der Waals surface area (Å²) in [5.74, 6) is 0.602. The SMILES string of the molecule is CC(C)(C)OC(=O)N1CCCCC1CNc1ccc(N=C(N)CCl)cc1. The number of piperidine rings is 1. The number of amides is 1. The molecular weight excluding hydrogens is 352 g/mol. The quantitative estimate of drug-likeness (QED) is 0.457. The number of carbonyl (C=O) groups excluding carboxylic acids is 1. The van der Waals surface area contributed by atoms with E-state index in [0.717, 1.165) is 37.2 Å². The van der Waals surface area contributed by atoms with Crippen molar-refractivity contribution in [3.8, 4) is 0 Å². The van der Waals surface area contributed by atoms with E-state index in [1.807, 2.05) is 49.9 Å². The number of ether oxygens (including phenoxy) is 1. The van der Waals surface area contributed by atoms with E-state index in [2.05, 4.69) is 10.3 Å². The van der Waals surface area contributed by atoms with Crippen molar-refractivity contribution in [2.24, 2.45) is 10.7 Å². The molecule has 2 rings (SSSR count). The fourth-order valence-corrected chi connectivity index (χ4v) is 2.92. The van der Waals surface area contributed by atoms with Gasteiger partial charge in [0.1, 0.15) is 11.4 Å². The molecule has 1 atom stereocenters. The number of nitrogens with zero attached hydrogens (tertiary/aromatic N) is 2. The molecule has 1 fully saturated rings. The second-order valence-corrected chi connectivity index (χ2v) is 7.76. The second kappa shape index (κ2) is 9.12. The minimum Gasteiger partial charge on any atom is -0.444 e. The van der Waals surface area contributed by atoms with E-state index in [1.54, 1.807) is 0 Å². The van der Waals surface area contributed by atoms with E-state index in [4.69, 9.17) is 22.1 Å². The summed E-state index contributed by atoms with van der Waals surface area (Å²) in [6, 6.07) is 7.79. The molecule has 6 nitrogen and oxygen atoms in total. The number of nitrogens with two attached hydrogens (primary N) is 1. The molecule has 144 valence electrons. The highest BCUT2D eigenvalue weighted by atomic mass is 35.5. The van der Waals surface area contributed by atoms with Gasteiger partial charge in [0, 0.05) is 18.8 Å². The van der Waals surface area contributed by atoms with E-state index in [9.17, 15) is 4.79 Å². The zero-order chi connectivity index (χ0) is 19.2. The topological polar surface area (TPSA) is 80.0 Å². The molecule has 0 saturated carbocycles. The van der Waals surface area contributed by atoms with Gasteiger partial charge in [0.2, 0.25) is 0 Å². The minimum absolute atomic E-state index is 0.128. The summed E-state index contributed by atoms with van der Waals surface area (Å²) < 4.78 is 5.54. The van der Waals surface area contributed by atoms with Gasteiger partial charge in [0.05, 0.1) is 17.6 Å². The van der Waals surface area contributed by atoms with Crippen LogP contribution in [-0.2, 0) is 4.74 Å². The van der Waals surface area contributed by atoms with Gasteiger partial charge in [0.15, 0.2) is 0 Å². The van der Waals surface area contributed by atoms with Crippen LogP contribution < -0.4 is 11.1 Å². The molecule has 0 aliphatic carbocycles. The maximum atomic E-state index is 12.4. The lowest BCUT2D eigenvalue weighted by Crippen LogP contribution is -2.48. The molecule has 0 radical (unpaired) electrons. The molecule has 1 unspecified atom stereocenters. The predicted molar refractivity (Wildman–Crippen MR) is 108 cm³/mol. The molecule has 0 bridgehead atoms. The molecule has 1 aliphatic heterocycles. The molecule has 1 aliphatic rings. The van der Waals surface area contributed by atoms with Crippen molar-refractivity contribution in [2.45, 2.75) is 51.7 Å². The summed E-state index contributed by atoms with van der Waals surface area (Å²) in [5, 5.41) is 3.40. The number of anilines is 1. The molecule has 7 heteroatoms. The minimum atomic E-state index is -0.478. The molecular formula is C19H29ClN4O2. The maximum absolute atomic E-state index is 12.4. The number of halogens is 1. The summed E-state index contributed by atoms with van der Waals surface area (Å²) in [7, 11) is 0. The Balaban J connectivity index is 1.94. The Morgan fingerprint density at radius 1 is 1.35 bits per heavy atom. The number of amidine groups is 1. The number of aliphatic imine (C=N–C) groups is 1. The summed E-state index contributed by atoms with van der Waals surface area (Å²) in [6.45, 7) is 7.10. The van der Waals surface area contributed by atoms with Crippen LogP contribution in [0.25, 0.3) is 0 Å². The molecule has 1 heterocycles. The van der Waals surface area contributed by atoms with E-state index in [-0.39, 0.29) is 18.0 Å². The molecule has 0 spiro atoms. The normalized spacial score (nSPS) is 18.5. The predicted octanol–water partition coefficient (Wildman–Crippen LogP) is 4.12. The first-order valence-corrected chi connectivity index (χ1v) is 9.54. The third kappa shape index (κ3) is 6.41. The lowest BCUT2D eigenvalue weighted by atomic mass is 10.0. The molecule has 1 aromatic carbocycles. The Labute approximate surface area is 160 Å². The van der Waals surface area contributed by atoms with Crippen molar-refractivity contribution in [1.29, 1.82) is 0 Å². The molecule has 26 heavy (non-hydrogen) atoms. The first-order chi connectivity index (χ1) is 12.3. The number of hydrogen-bond acceptors (Lipinski definition) is 4. The van der Waals surface area contributed by atoms with Gasteiger partial charge >= 0.3 is 6.09 Å². The Morgan fingerprint density at radius 2 is 2.04 bits per heavy atom. The zero-order valence-corrected chi connectivity index (χ0v) is 16.6. The average Bonchev–Trinajstić information content (AvgIpc) is 2.60. The lowest BCUT2D eigenvalue weighted by Gasteiger charge is -2.37. The highest BCUT2D eigenvalue weighted by Crippen LogP contribution is 2.22. The van der Waals surface area contributed by atoms with Crippen LogP contribution >= 0.6 is 11.6 Å². The third-order valence-corrected chi connectivity index (χ3v) is 4.35. The monoisotopic (exact) mass is 380 g/mol. The van der Waals surface area contributed by atoms with Crippen LogP contribution in [0.2, 0.25) is 0 Å². The van der Waals surface area contributed by atoms with Crippen molar-refractivity contribution in [1.82, 2.24) is 4.90 Å². The zero-order valence-electron chi connectivity index (χ0n) is 15.8. The van der Waals surface area contributed by atoms with Crippen LogP contribution in [0.5, 0.6) is 0 Å². The van der Waals surface area contributed by atoms with Gasteiger partial charge in [-0.15, -0.1) is 11.6 Å². The number of hydrogen-bond donors (Lipinski definition) is 2. The first kappa shape index (κ1) is 20.4. The van der Waals surface area contributed by atoms with E-state index in [1.165, 1.54) is 0 Å². The Kier molecular flexibility index (Phi) is 7.14. The van der Waals surface area contributed by atoms with E-state index >= 15 is 0 Å². The van der Waals surface area contributed by atoms with Crippen LogP contribution in [0.3, 0.4) is 0 Å². The molecule has 1 saturated heterocycles.